The predicted octanol–water partition coefficient (Wildman–Crippen LogP) is 4.33. The van der Waals surface area contributed by atoms with E-state index in [0.717, 1.165) is 34.6 Å². The molecule has 0 fully saturated rings. The molecule has 3 heteroatoms. The summed E-state index contributed by atoms with van der Waals surface area (Å²) in [6.07, 6.45) is 0.870. The van der Waals surface area contributed by atoms with Crippen LogP contribution >= 0.6 is 0 Å². The van der Waals surface area contributed by atoms with Gasteiger partial charge in [0.1, 0.15) is 0 Å². The summed E-state index contributed by atoms with van der Waals surface area (Å²) in [6.45, 7) is 16.3. The molecule has 0 aliphatic rings. The van der Waals surface area contributed by atoms with Crippen LogP contribution in [0.2, 0.25) is 0 Å². The summed E-state index contributed by atoms with van der Waals surface area (Å²) in [5.41, 5.74) is 4.68. The number of aromatic nitrogens is 1. The number of amides is 1. The van der Waals surface area contributed by atoms with Gasteiger partial charge in [-0.2, -0.15) is 0 Å². The summed E-state index contributed by atoms with van der Waals surface area (Å²) in [5, 5.41) is 3.09. The van der Waals surface area contributed by atoms with Crippen LogP contribution in [0.15, 0.2) is 0 Å². The number of nitrogens with zero attached hydrogens (tertiary/aromatic N) is 1. The fourth-order valence-corrected chi connectivity index (χ4v) is 2.70. The van der Waals surface area contributed by atoms with Gasteiger partial charge in [-0.05, 0) is 51.2 Å². The smallest absolute Gasteiger partial charge is 0.230 e. The minimum absolute atomic E-state index is 0.0717. The molecule has 0 aliphatic heterocycles. The van der Waals surface area contributed by atoms with Crippen LogP contribution in [0.4, 0.5) is 5.69 Å². The zero-order chi connectivity index (χ0) is 15.7. The van der Waals surface area contributed by atoms with Crippen LogP contribution in [0.1, 0.15) is 56.6 Å². The summed E-state index contributed by atoms with van der Waals surface area (Å²) in [6, 6.07) is 0. The molecule has 1 heterocycles. The minimum Gasteiger partial charge on any atom is -0.324 e. The first kappa shape index (κ1) is 16.7. The summed E-state index contributed by atoms with van der Waals surface area (Å²) in [5.74, 6) is 0.568. The number of hydrogen-bond donors (Lipinski definition) is 1. The van der Waals surface area contributed by atoms with Gasteiger partial charge >= 0.3 is 0 Å². The molecule has 112 valence electrons. The molecule has 0 saturated heterocycles. The zero-order valence-electron chi connectivity index (χ0n) is 14.1. The fraction of sp³-hybridized carbons (Fsp3) is 0.647. The maximum atomic E-state index is 12.5. The van der Waals surface area contributed by atoms with Crippen molar-refractivity contribution in [3.63, 3.8) is 0 Å². The summed E-state index contributed by atoms with van der Waals surface area (Å²) < 4.78 is 0. The Balaban J connectivity index is 3.06. The summed E-state index contributed by atoms with van der Waals surface area (Å²) in [4.78, 5) is 17.0. The van der Waals surface area contributed by atoms with E-state index < -0.39 is 0 Å². The van der Waals surface area contributed by atoms with Gasteiger partial charge in [-0.15, -0.1) is 0 Å². The van der Waals surface area contributed by atoms with E-state index in [9.17, 15) is 4.79 Å². The van der Waals surface area contributed by atoms with Gasteiger partial charge in [-0.3, -0.25) is 9.78 Å². The number of nitrogens with one attached hydrogen (secondary N) is 1. The maximum Gasteiger partial charge on any atom is 0.230 e. The van der Waals surface area contributed by atoms with Gasteiger partial charge in [-0.25, -0.2) is 0 Å². The molecule has 0 bridgehead atoms. The Labute approximate surface area is 123 Å². The van der Waals surface area contributed by atoms with Crippen LogP contribution in [0.25, 0.3) is 0 Å². The Morgan fingerprint density at radius 1 is 1.10 bits per heavy atom. The molecule has 1 rings (SSSR count). The summed E-state index contributed by atoms with van der Waals surface area (Å²) in [7, 11) is 0. The average molecular weight is 276 g/mol. The molecule has 0 radical (unpaired) electrons. The number of carbonyl (C=O) groups excluding carboxylic acids is 1. The molecule has 1 N–H and O–H groups in total. The number of hydrogen-bond acceptors (Lipinski definition) is 2. The number of carbonyl (C=O) groups is 1. The second-order valence-corrected chi connectivity index (χ2v) is 6.84. The second kappa shape index (κ2) is 5.94. The van der Waals surface area contributed by atoms with E-state index in [0.29, 0.717) is 5.92 Å². The quantitative estimate of drug-likeness (QED) is 0.889. The molecule has 0 atom stereocenters. The maximum absolute atomic E-state index is 12.5. The van der Waals surface area contributed by atoms with Crippen molar-refractivity contribution < 1.29 is 4.79 Å². The number of rotatable bonds is 4. The highest BCUT2D eigenvalue weighted by molar-refractivity contribution is 5.96. The predicted molar refractivity (Wildman–Crippen MR) is 85.1 cm³/mol. The van der Waals surface area contributed by atoms with Gasteiger partial charge in [0.2, 0.25) is 5.91 Å². The molecule has 1 aromatic heterocycles. The summed E-state index contributed by atoms with van der Waals surface area (Å²) >= 11 is 0. The molecule has 0 unspecified atom stereocenters. The van der Waals surface area contributed by atoms with Crippen LogP contribution in [0, 0.1) is 39.0 Å². The highest BCUT2D eigenvalue weighted by Gasteiger charge is 2.29. The first-order valence-electron chi connectivity index (χ1n) is 7.32. The van der Waals surface area contributed by atoms with E-state index in [1.807, 2.05) is 41.5 Å². The van der Waals surface area contributed by atoms with Crippen molar-refractivity contribution in [1.82, 2.24) is 4.98 Å². The Bertz CT molecular complexity index is 516. The molecule has 1 amide bonds. The van der Waals surface area contributed by atoms with E-state index in [4.69, 9.17) is 0 Å². The lowest BCUT2D eigenvalue weighted by molar-refractivity contribution is -0.124. The normalized spacial score (nSPS) is 11.8. The van der Waals surface area contributed by atoms with Crippen LogP contribution in [-0.2, 0) is 4.79 Å². The van der Waals surface area contributed by atoms with Crippen LogP contribution in [0.5, 0.6) is 0 Å². The van der Waals surface area contributed by atoms with Gasteiger partial charge < -0.3 is 5.32 Å². The number of anilines is 1. The zero-order valence-corrected chi connectivity index (χ0v) is 14.1. The molecule has 1 aromatic rings. The van der Waals surface area contributed by atoms with E-state index in [2.05, 4.69) is 24.1 Å². The molecular formula is C17H28N2O. The van der Waals surface area contributed by atoms with Crippen molar-refractivity contribution in [3.05, 3.63) is 22.5 Å². The van der Waals surface area contributed by atoms with Gasteiger partial charge in [0.25, 0.3) is 0 Å². The van der Waals surface area contributed by atoms with Crippen molar-refractivity contribution in [1.29, 1.82) is 0 Å². The van der Waals surface area contributed by atoms with E-state index >= 15 is 0 Å². The Hall–Kier alpha value is -1.38. The highest BCUT2D eigenvalue weighted by Crippen LogP contribution is 2.30. The minimum atomic E-state index is -0.369. The van der Waals surface area contributed by atoms with Gasteiger partial charge in [0, 0.05) is 11.1 Å². The molecule has 20 heavy (non-hydrogen) atoms. The SMILES string of the molecule is Cc1nc(C)c(NC(=O)C(C)(C)CC(C)C)c(C)c1C. The third kappa shape index (κ3) is 3.59. The molecule has 0 aliphatic carbocycles. The van der Waals surface area contributed by atoms with Crippen molar-refractivity contribution >= 4 is 11.6 Å². The van der Waals surface area contributed by atoms with Crippen LogP contribution in [-0.4, -0.2) is 10.9 Å². The fourth-order valence-electron chi connectivity index (χ4n) is 2.70. The lowest BCUT2D eigenvalue weighted by Gasteiger charge is -2.26. The van der Waals surface area contributed by atoms with Crippen molar-refractivity contribution in [3.8, 4) is 0 Å². The second-order valence-electron chi connectivity index (χ2n) is 6.84. The Kier molecular flexibility index (Phi) is 4.95. The van der Waals surface area contributed by atoms with E-state index in [-0.39, 0.29) is 11.3 Å². The Morgan fingerprint density at radius 2 is 1.65 bits per heavy atom. The monoisotopic (exact) mass is 276 g/mol. The third-order valence-corrected chi connectivity index (χ3v) is 3.95. The van der Waals surface area contributed by atoms with Crippen molar-refractivity contribution in [2.24, 2.45) is 11.3 Å². The standard InChI is InChI=1S/C17H28N2O/c1-10(2)9-17(7,8)16(20)19-15-12(4)11(3)13(5)18-14(15)6/h10H,9H2,1-8H3,(H,19,20). The molecule has 0 spiro atoms. The first-order valence-corrected chi connectivity index (χ1v) is 7.32. The van der Waals surface area contributed by atoms with Crippen LogP contribution < -0.4 is 5.32 Å². The van der Waals surface area contributed by atoms with Gasteiger partial charge in [-0.1, -0.05) is 27.7 Å². The lowest BCUT2D eigenvalue weighted by atomic mass is 9.83. The first-order chi connectivity index (χ1) is 9.06. The number of pyridine rings is 1. The molecule has 3 nitrogen and oxygen atoms in total. The highest BCUT2D eigenvalue weighted by atomic mass is 16.2. The van der Waals surface area contributed by atoms with Gasteiger partial charge in [0.15, 0.2) is 0 Å². The average Bonchev–Trinajstić information content (AvgIpc) is 2.30. The van der Waals surface area contributed by atoms with Crippen molar-refractivity contribution in [2.75, 3.05) is 5.32 Å². The van der Waals surface area contributed by atoms with E-state index in [1.165, 1.54) is 0 Å². The van der Waals surface area contributed by atoms with E-state index in [1.54, 1.807) is 0 Å². The molecular weight excluding hydrogens is 248 g/mol. The molecule has 0 saturated carbocycles. The topological polar surface area (TPSA) is 42.0 Å². The lowest BCUT2D eigenvalue weighted by Crippen LogP contribution is -2.32. The van der Waals surface area contributed by atoms with Crippen molar-refractivity contribution in [2.45, 2.75) is 61.8 Å². The molecule has 0 aromatic carbocycles. The Morgan fingerprint density at radius 3 is 2.15 bits per heavy atom. The number of aryl methyl sites for hydroxylation is 2. The van der Waals surface area contributed by atoms with Crippen LogP contribution in [0.3, 0.4) is 0 Å². The van der Waals surface area contributed by atoms with Gasteiger partial charge in [0.05, 0.1) is 11.4 Å². The largest absolute Gasteiger partial charge is 0.324 e. The third-order valence-electron chi connectivity index (χ3n) is 3.95.